The summed E-state index contributed by atoms with van der Waals surface area (Å²) in [5, 5.41) is 15.2. The van der Waals surface area contributed by atoms with Crippen LogP contribution in [0.2, 0.25) is 0 Å². The van der Waals surface area contributed by atoms with E-state index in [9.17, 15) is 4.79 Å². The molecule has 7 nitrogen and oxygen atoms in total. The monoisotopic (exact) mass is 394 g/mol. The van der Waals surface area contributed by atoms with Gasteiger partial charge in [-0.25, -0.2) is 9.78 Å². The number of amides is 2. The van der Waals surface area contributed by atoms with Gasteiger partial charge in [0, 0.05) is 35.3 Å². The molecule has 2 aliphatic rings. The first-order chi connectivity index (χ1) is 13.6. The van der Waals surface area contributed by atoms with Crippen LogP contribution >= 0.6 is 11.3 Å². The average molecular weight is 395 g/mol. The Balaban J connectivity index is 1.39. The lowest BCUT2D eigenvalue weighted by Gasteiger charge is -2.37. The molecule has 0 spiro atoms. The minimum absolute atomic E-state index is 0.0675. The van der Waals surface area contributed by atoms with E-state index < -0.39 is 0 Å². The molecule has 0 radical (unpaired) electrons. The fourth-order valence-electron chi connectivity index (χ4n) is 4.48. The predicted molar refractivity (Wildman–Crippen MR) is 110 cm³/mol. The van der Waals surface area contributed by atoms with Crippen LogP contribution in [0.1, 0.15) is 30.7 Å². The van der Waals surface area contributed by atoms with Crippen LogP contribution in [0, 0.1) is 6.92 Å². The maximum Gasteiger partial charge on any atom is 0.323 e. The maximum absolute atomic E-state index is 12.9. The molecule has 2 aliphatic heterocycles. The summed E-state index contributed by atoms with van der Waals surface area (Å²) < 4.78 is 0. The van der Waals surface area contributed by atoms with Gasteiger partial charge in [0.25, 0.3) is 0 Å². The van der Waals surface area contributed by atoms with Crippen molar-refractivity contribution in [2.45, 2.75) is 50.7 Å². The number of aryl methyl sites for hydroxylation is 1. The molecule has 0 aliphatic carbocycles. The molecular formula is C20H22N6OS. The smallest absolute Gasteiger partial charge is 0.323 e. The van der Waals surface area contributed by atoms with Crippen molar-refractivity contribution < 1.29 is 4.79 Å². The molecule has 0 saturated carbocycles. The van der Waals surface area contributed by atoms with Crippen LogP contribution in [0.15, 0.2) is 30.5 Å². The van der Waals surface area contributed by atoms with Gasteiger partial charge >= 0.3 is 6.03 Å². The van der Waals surface area contributed by atoms with Crippen LogP contribution in [0.5, 0.6) is 0 Å². The fraction of sp³-hybridized carbons (Fsp3) is 0.400. The van der Waals surface area contributed by atoms with Crippen molar-refractivity contribution in [1.29, 1.82) is 0 Å². The molecule has 2 fully saturated rings. The lowest BCUT2D eigenvalue weighted by molar-refractivity contribution is 0.150. The van der Waals surface area contributed by atoms with Gasteiger partial charge in [0.15, 0.2) is 0 Å². The van der Waals surface area contributed by atoms with E-state index in [1.54, 1.807) is 17.5 Å². The van der Waals surface area contributed by atoms with Crippen molar-refractivity contribution in [2.24, 2.45) is 5.73 Å². The molecule has 8 heteroatoms. The van der Waals surface area contributed by atoms with Gasteiger partial charge in [-0.2, -0.15) is 0 Å². The Hall–Kier alpha value is -2.58. The van der Waals surface area contributed by atoms with Gasteiger partial charge in [-0.1, -0.05) is 23.5 Å². The van der Waals surface area contributed by atoms with E-state index in [0.29, 0.717) is 5.82 Å². The molecule has 1 aromatic carbocycles. The highest BCUT2D eigenvalue weighted by Crippen LogP contribution is 2.35. The van der Waals surface area contributed by atoms with Gasteiger partial charge < -0.3 is 10.6 Å². The largest absolute Gasteiger partial charge is 0.328 e. The zero-order chi connectivity index (χ0) is 19.3. The van der Waals surface area contributed by atoms with E-state index in [1.165, 1.54) is 0 Å². The predicted octanol–water partition coefficient (Wildman–Crippen LogP) is 3.55. The number of piperidine rings is 1. The number of rotatable bonds is 2. The molecule has 0 unspecified atom stereocenters. The Morgan fingerprint density at radius 2 is 1.96 bits per heavy atom. The van der Waals surface area contributed by atoms with Gasteiger partial charge in [-0.15, -0.1) is 10.2 Å². The van der Waals surface area contributed by atoms with E-state index in [4.69, 9.17) is 5.73 Å². The Morgan fingerprint density at radius 3 is 2.68 bits per heavy atom. The van der Waals surface area contributed by atoms with E-state index in [-0.39, 0.29) is 24.2 Å². The molecule has 2 saturated heterocycles. The number of anilines is 1. The number of hydrogen-bond donors (Lipinski definition) is 2. The molecule has 2 aromatic heterocycles. The number of nitrogens with zero attached hydrogens (tertiary/aromatic N) is 4. The second-order valence-electron chi connectivity index (χ2n) is 7.71. The number of aromatic nitrogens is 3. The summed E-state index contributed by atoms with van der Waals surface area (Å²) in [6.07, 6.45) is 5.66. The van der Waals surface area contributed by atoms with Crippen LogP contribution in [0.25, 0.3) is 21.3 Å². The third kappa shape index (κ3) is 3.12. The SMILES string of the molecule is Cc1nnc(-c2ccc3cnc(NC(=O)N4[C@@H]5CC[C@H]4C[C@@H](N)C5)cc3c2)s1. The Kier molecular flexibility index (Phi) is 4.25. The maximum atomic E-state index is 12.9. The highest BCUT2D eigenvalue weighted by atomic mass is 32.1. The fourth-order valence-corrected chi connectivity index (χ4v) is 5.17. The molecule has 5 rings (SSSR count). The summed E-state index contributed by atoms with van der Waals surface area (Å²) in [5.41, 5.74) is 7.14. The molecular weight excluding hydrogens is 372 g/mol. The first-order valence-corrected chi connectivity index (χ1v) is 10.4. The molecule has 2 amide bonds. The average Bonchev–Trinajstić information content (AvgIpc) is 3.22. The van der Waals surface area contributed by atoms with Gasteiger partial charge in [-0.05, 0) is 50.1 Å². The Morgan fingerprint density at radius 1 is 1.18 bits per heavy atom. The number of benzene rings is 1. The van der Waals surface area contributed by atoms with Gasteiger partial charge in [0.05, 0.1) is 0 Å². The van der Waals surface area contributed by atoms with Crippen LogP contribution in [0.4, 0.5) is 10.6 Å². The minimum atomic E-state index is -0.0675. The van der Waals surface area contributed by atoms with Crippen molar-refractivity contribution >= 4 is 34.0 Å². The first-order valence-electron chi connectivity index (χ1n) is 9.62. The zero-order valence-electron chi connectivity index (χ0n) is 15.6. The quantitative estimate of drug-likeness (QED) is 0.693. The molecule has 28 heavy (non-hydrogen) atoms. The number of hydrogen-bond acceptors (Lipinski definition) is 6. The number of carbonyl (C=O) groups excluding carboxylic acids is 1. The number of nitrogens with two attached hydrogens (primary N) is 1. The number of urea groups is 1. The summed E-state index contributed by atoms with van der Waals surface area (Å²) in [5.74, 6) is 0.567. The van der Waals surface area contributed by atoms with Crippen molar-refractivity contribution in [3.63, 3.8) is 0 Å². The number of pyridine rings is 1. The van der Waals surface area contributed by atoms with E-state index in [2.05, 4.69) is 26.6 Å². The molecule has 3 atom stereocenters. The second-order valence-corrected chi connectivity index (χ2v) is 8.89. The minimum Gasteiger partial charge on any atom is -0.328 e. The van der Waals surface area contributed by atoms with Gasteiger partial charge in [-0.3, -0.25) is 5.32 Å². The molecule has 3 aromatic rings. The number of carbonyl (C=O) groups is 1. The van der Waals surface area contributed by atoms with E-state index in [1.807, 2.05) is 30.0 Å². The van der Waals surface area contributed by atoms with Gasteiger partial charge in [0.2, 0.25) is 0 Å². The summed E-state index contributed by atoms with van der Waals surface area (Å²) in [4.78, 5) is 19.3. The summed E-state index contributed by atoms with van der Waals surface area (Å²) >= 11 is 1.57. The third-order valence-electron chi connectivity index (χ3n) is 5.73. The standard InChI is InChI=1S/C20H22N6OS/c1-11-24-25-19(28-11)12-2-3-13-10-22-18(7-14(13)6-12)23-20(27)26-16-4-5-17(26)9-15(21)8-16/h2-3,6-7,10,15-17H,4-5,8-9,21H2,1H3,(H,22,23,27)/t15-,16+,17-. The van der Waals surface area contributed by atoms with Crippen LogP contribution in [-0.2, 0) is 0 Å². The topological polar surface area (TPSA) is 97.0 Å². The summed E-state index contributed by atoms with van der Waals surface area (Å²) in [7, 11) is 0. The van der Waals surface area contributed by atoms with Crippen molar-refractivity contribution in [3.8, 4) is 10.6 Å². The molecule has 144 valence electrons. The van der Waals surface area contributed by atoms with Crippen molar-refractivity contribution in [3.05, 3.63) is 35.5 Å². The number of fused-ring (bicyclic) bond motifs is 3. The van der Waals surface area contributed by atoms with Crippen LogP contribution in [-0.4, -0.2) is 44.2 Å². The van der Waals surface area contributed by atoms with E-state index in [0.717, 1.165) is 52.0 Å². The Labute approximate surface area is 167 Å². The third-order valence-corrected chi connectivity index (χ3v) is 6.62. The van der Waals surface area contributed by atoms with Crippen molar-refractivity contribution in [2.75, 3.05) is 5.32 Å². The lowest BCUT2D eigenvalue weighted by Crippen LogP contribution is -2.51. The summed E-state index contributed by atoms with van der Waals surface area (Å²) in [6.45, 7) is 1.94. The molecule has 4 heterocycles. The highest BCUT2D eigenvalue weighted by molar-refractivity contribution is 7.14. The molecule has 2 bridgehead atoms. The Bertz CT molecular complexity index is 1040. The normalized spacial score (nSPS) is 23.9. The first kappa shape index (κ1) is 17.5. The number of nitrogens with one attached hydrogen (secondary N) is 1. The highest BCUT2D eigenvalue weighted by Gasteiger charge is 2.42. The van der Waals surface area contributed by atoms with Crippen LogP contribution < -0.4 is 11.1 Å². The van der Waals surface area contributed by atoms with Gasteiger partial charge in [0.1, 0.15) is 15.8 Å². The van der Waals surface area contributed by atoms with E-state index >= 15 is 0 Å². The molecule has 3 N–H and O–H groups in total. The summed E-state index contributed by atoms with van der Waals surface area (Å²) in [6, 6.07) is 8.68. The second kappa shape index (κ2) is 6.79. The zero-order valence-corrected chi connectivity index (χ0v) is 16.4. The van der Waals surface area contributed by atoms with Crippen molar-refractivity contribution in [1.82, 2.24) is 20.1 Å². The lowest BCUT2D eigenvalue weighted by atomic mass is 9.99. The van der Waals surface area contributed by atoms with Crippen LogP contribution in [0.3, 0.4) is 0 Å².